The highest BCUT2D eigenvalue weighted by molar-refractivity contribution is 7.12. The average molecular weight is 309 g/mol. The molecule has 0 radical (unpaired) electrons. The number of nitrogens with zero attached hydrogens (tertiary/aromatic N) is 1. The van der Waals surface area contributed by atoms with Gasteiger partial charge in [-0.1, -0.05) is 13.8 Å². The minimum Gasteiger partial charge on any atom is -0.481 e. The van der Waals surface area contributed by atoms with Crippen molar-refractivity contribution >= 4 is 17.3 Å². The Morgan fingerprint density at radius 2 is 2.00 bits per heavy atom. The van der Waals surface area contributed by atoms with Crippen LogP contribution in [0.4, 0.5) is 0 Å². The van der Waals surface area contributed by atoms with Crippen LogP contribution in [0.3, 0.4) is 0 Å². The van der Waals surface area contributed by atoms with Gasteiger partial charge in [0.2, 0.25) is 0 Å². The molecule has 3 rings (SSSR count). The van der Waals surface area contributed by atoms with Crippen LogP contribution in [0, 0.1) is 5.41 Å². The molecule has 116 valence electrons. The first-order chi connectivity index (χ1) is 9.87. The summed E-state index contributed by atoms with van der Waals surface area (Å²) in [6.07, 6.45) is 5.72. The highest BCUT2D eigenvalue weighted by atomic mass is 32.1. The lowest BCUT2D eigenvalue weighted by atomic mass is 9.71. The fourth-order valence-corrected chi connectivity index (χ4v) is 4.86. The lowest BCUT2D eigenvalue weighted by molar-refractivity contribution is -0.138. The van der Waals surface area contributed by atoms with Crippen molar-refractivity contribution in [3.63, 3.8) is 0 Å². The second kappa shape index (κ2) is 5.06. The Hall–Kier alpha value is -0.940. The van der Waals surface area contributed by atoms with Crippen LogP contribution in [0.5, 0.6) is 0 Å². The summed E-state index contributed by atoms with van der Waals surface area (Å²) in [7, 11) is 1.76. The van der Waals surface area contributed by atoms with Crippen LogP contribution in [-0.2, 0) is 21.6 Å². The maximum Gasteiger partial charge on any atom is 0.312 e. The minimum atomic E-state index is -0.748. The summed E-state index contributed by atoms with van der Waals surface area (Å²) >= 11 is 1.67. The third-order valence-corrected chi connectivity index (χ3v) is 6.52. The summed E-state index contributed by atoms with van der Waals surface area (Å²) in [5, 5.41) is 10.3. The van der Waals surface area contributed by atoms with Gasteiger partial charge in [-0.05, 0) is 43.9 Å². The van der Waals surface area contributed by atoms with Gasteiger partial charge >= 0.3 is 5.97 Å². The molecule has 0 spiro atoms. The molecule has 4 nitrogen and oxygen atoms in total. The van der Waals surface area contributed by atoms with Crippen LogP contribution in [0.15, 0.2) is 0 Å². The van der Waals surface area contributed by atoms with Crippen molar-refractivity contribution in [1.82, 2.24) is 4.98 Å². The Morgan fingerprint density at radius 3 is 2.57 bits per heavy atom. The van der Waals surface area contributed by atoms with Gasteiger partial charge < -0.3 is 9.84 Å². The summed E-state index contributed by atoms with van der Waals surface area (Å²) in [5.74, 6) is -1.17. The highest BCUT2D eigenvalue weighted by Crippen LogP contribution is 2.50. The summed E-state index contributed by atoms with van der Waals surface area (Å²) in [6.45, 7) is 4.60. The minimum absolute atomic E-state index is 0.298. The second-order valence-electron chi connectivity index (χ2n) is 7.12. The molecule has 0 bridgehead atoms. The molecule has 1 heterocycles. The van der Waals surface area contributed by atoms with Crippen LogP contribution in [-0.4, -0.2) is 23.2 Å². The van der Waals surface area contributed by atoms with E-state index in [9.17, 15) is 9.90 Å². The first-order valence-electron chi connectivity index (χ1n) is 7.65. The molecular weight excluding hydrogens is 286 g/mol. The van der Waals surface area contributed by atoms with Crippen molar-refractivity contribution in [3.05, 3.63) is 15.6 Å². The number of hydrogen-bond acceptors (Lipinski definition) is 4. The molecule has 2 aliphatic rings. The van der Waals surface area contributed by atoms with E-state index in [1.807, 2.05) is 0 Å². The van der Waals surface area contributed by atoms with Crippen molar-refractivity contribution in [2.75, 3.05) is 7.11 Å². The van der Waals surface area contributed by atoms with Gasteiger partial charge in [0.05, 0.1) is 5.69 Å². The van der Waals surface area contributed by atoms with Gasteiger partial charge in [0.25, 0.3) is 0 Å². The third kappa shape index (κ3) is 2.50. The van der Waals surface area contributed by atoms with Crippen LogP contribution in [0.1, 0.15) is 67.4 Å². The number of carbonyl (C=O) groups is 1. The van der Waals surface area contributed by atoms with Crippen LogP contribution >= 0.6 is 11.3 Å². The number of aryl methyl sites for hydroxylation is 1. The smallest absolute Gasteiger partial charge is 0.312 e. The summed E-state index contributed by atoms with van der Waals surface area (Å²) in [5.41, 5.74) is 0.864. The maximum atomic E-state index is 11.3. The molecule has 0 saturated heterocycles. The van der Waals surface area contributed by atoms with E-state index < -0.39 is 11.9 Å². The number of hydrogen-bond donors (Lipinski definition) is 1. The van der Waals surface area contributed by atoms with Gasteiger partial charge in [0.15, 0.2) is 0 Å². The first kappa shape index (κ1) is 15.0. The van der Waals surface area contributed by atoms with Crippen molar-refractivity contribution < 1.29 is 14.6 Å². The number of aromatic nitrogens is 1. The van der Waals surface area contributed by atoms with E-state index in [1.54, 1.807) is 18.4 Å². The number of fused-ring (bicyclic) bond motifs is 1. The second-order valence-corrected chi connectivity index (χ2v) is 8.20. The van der Waals surface area contributed by atoms with E-state index in [0.29, 0.717) is 11.8 Å². The van der Waals surface area contributed by atoms with Crippen molar-refractivity contribution in [2.24, 2.45) is 5.41 Å². The Labute approximate surface area is 129 Å². The largest absolute Gasteiger partial charge is 0.481 e. The zero-order valence-electron chi connectivity index (χ0n) is 12.9. The fraction of sp³-hybridized carbons (Fsp3) is 0.750. The van der Waals surface area contributed by atoms with Gasteiger partial charge in [-0.3, -0.25) is 4.79 Å². The molecule has 0 amide bonds. The molecular formula is C16H23NO3S. The van der Waals surface area contributed by atoms with Crippen molar-refractivity contribution in [1.29, 1.82) is 0 Å². The SMILES string of the molecule is COC1(c2nc3c(s2)CCC3C(=O)O)CCC(C)(C)CC1. The molecule has 2 aliphatic carbocycles. The standard InChI is InChI=1S/C16H23NO3S/c1-15(2)6-8-16(20-3,9-7-15)14-17-12-10(13(18)19)4-5-11(12)21-14/h10H,4-9H2,1-3H3,(H,18,19). The van der Waals surface area contributed by atoms with E-state index >= 15 is 0 Å². The van der Waals surface area contributed by atoms with Gasteiger partial charge in [-0.15, -0.1) is 11.3 Å². The Kier molecular flexibility index (Phi) is 3.61. The molecule has 1 aromatic rings. The molecule has 1 fully saturated rings. The van der Waals surface area contributed by atoms with Gasteiger partial charge in [-0.2, -0.15) is 0 Å². The average Bonchev–Trinajstić information content (AvgIpc) is 2.99. The van der Waals surface area contributed by atoms with Crippen molar-refractivity contribution in [2.45, 2.75) is 63.9 Å². The summed E-state index contributed by atoms with van der Waals surface area (Å²) in [6, 6.07) is 0. The lowest BCUT2D eigenvalue weighted by Gasteiger charge is -2.41. The number of rotatable bonds is 3. The highest BCUT2D eigenvalue weighted by Gasteiger charge is 2.44. The number of carboxylic acid groups (broad SMARTS) is 1. The molecule has 1 saturated carbocycles. The number of aliphatic carboxylic acids is 1. The molecule has 1 aromatic heterocycles. The molecule has 5 heteroatoms. The summed E-state index contributed by atoms with van der Waals surface area (Å²) < 4.78 is 5.89. The fourth-order valence-electron chi connectivity index (χ4n) is 3.50. The van der Waals surface area contributed by atoms with E-state index in [-0.39, 0.29) is 5.60 Å². The first-order valence-corrected chi connectivity index (χ1v) is 8.47. The van der Waals surface area contributed by atoms with Gasteiger partial charge in [0, 0.05) is 12.0 Å². The van der Waals surface area contributed by atoms with Gasteiger partial charge in [-0.25, -0.2) is 4.98 Å². The Morgan fingerprint density at radius 1 is 1.33 bits per heavy atom. The number of thiazole rings is 1. The molecule has 21 heavy (non-hydrogen) atoms. The molecule has 1 unspecified atom stereocenters. The maximum absolute atomic E-state index is 11.3. The zero-order valence-corrected chi connectivity index (χ0v) is 13.8. The number of ether oxygens (including phenoxy) is 1. The lowest BCUT2D eigenvalue weighted by Crippen LogP contribution is -2.36. The Balaban J connectivity index is 1.90. The third-order valence-electron chi connectivity index (χ3n) is 5.21. The predicted octanol–water partition coefficient (Wildman–Crippen LogP) is 3.70. The monoisotopic (exact) mass is 309 g/mol. The van der Waals surface area contributed by atoms with Crippen LogP contribution in [0.2, 0.25) is 0 Å². The molecule has 0 aromatic carbocycles. The van der Waals surface area contributed by atoms with E-state index in [2.05, 4.69) is 13.8 Å². The number of carboxylic acids is 1. The zero-order chi connectivity index (χ0) is 15.3. The summed E-state index contributed by atoms with van der Waals surface area (Å²) in [4.78, 5) is 17.2. The number of methoxy groups -OCH3 is 1. The normalized spacial score (nSPS) is 26.5. The topological polar surface area (TPSA) is 59.4 Å². The van der Waals surface area contributed by atoms with E-state index in [4.69, 9.17) is 9.72 Å². The molecule has 0 aliphatic heterocycles. The van der Waals surface area contributed by atoms with Crippen LogP contribution in [0.25, 0.3) is 0 Å². The van der Waals surface area contributed by atoms with E-state index in [0.717, 1.165) is 47.7 Å². The van der Waals surface area contributed by atoms with Gasteiger partial charge in [0.1, 0.15) is 16.5 Å². The quantitative estimate of drug-likeness (QED) is 0.925. The Bertz CT molecular complexity index is 554. The molecule has 1 N–H and O–H groups in total. The van der Waals surface area contributed by atoms with Crippen molar-refractivity contribution in [3.8, 4) is 0 Å². The van der Waals surface area contributed by atoms with E-state index in [1.165, 1.54) is 0 Å². The molecule has 1 atom stereocenters. The predicted molar refractivity (Wildman–Crippen MR) is 81.7 cm³/mol. The van der Waals surface area contributed by atoms with Crippen LogP contribution < -0.4 is 0 Å².